The molecule has 2 aromatic heterocycles. The standard InChI is InChI=1S/C24H30N6O3S/c25-21-20-22-28-23(27-21)34(32,33)10-3-1-2-5-16-11-15(13-30(22)24(31)26-20)12-17-14-29(9-8-19(16)17)18-6-4-7-18/h11-12,18H,1-10,13-14H2,(H,26,31)(H2,25,27,28). The molecule has 1 saturated carbocycles. The highest BCUT2D eigenvalue weighted by molar-refractivity contribution is 7.91. The Hall–Kier alpha value is -2.72. The van der Waals surface area contributed by atoms with Gasteiger partial charge >= 0.3 is 5.69 Å². The number of sulfone groups is 1. The third-order valence-corrected chi connectivity index (χ3v) is 9.28. The van der Waals surface area contributed by atoms with Gasteiger partial charge in [-0.15, -0.1) is 0 Å². The van der Waals surface area contributed by atoms with E-state index in [1.165, 1.54) is 40.5 Å². The lowest BCUT2D eigenvalue weighted by molar-refractivity contribution is 0.113. The van der Waals surface area contributed by atoms with Gasteiger partial charge in [-0.1, -0.05) is 25.0 Å². The van der Waals surface area contributed by atoms with Crippen molar-refractivity contribution >= 4 is 26.8 Å². The minimum Gasteiger partial charge on any atom is -0.382 e. The zero-order chi connectivity index (χ0) is 23.4. The minimum absolute atomic E-state index is 0.0196. The van der Waals surface area contributed by atoms with Gasteiger partial charge in [0.2, 0.25) is 9.84 Å². The summed E-state index contributed by atoms with van der Waals surface area (Å²) in [5.41, 5.74) is 11.4. The number of benzene rings is 1. The van der Waals surface area contributed by atoms with E-state index in [0.717, 1.165) is 44.3 Å². The highest BCUT2D eigenvalue weighted by Crippen LogP contribution is 2.32. The number of nitrogens with zero attached hydrogens (tertiary/aromatic N) is 4. The first-order valence-electron chi connectivity index (χ1n) is 12.3. The normalized spacial score (nSPS) is 21.2. The molecule has 34 heavy (non-hydrogen) atoms. The second-order valence-corrected chi connectivity index (χ2v) is 11.9. The Morgan fingerprint density at radius 3 is 2.62 bits per heavy atom. The van der Waals surface area contributed by atoms with Crippen LogP contribution in [0, 0.1) is 0 Å². The molecule has 1 fully saturated rings. The number of nitrogens with one attached hydrogen (secondary N) is 1. The van der Waals surface area contributed by atoms with Gasteiger partial charge in [-0.3, -0.25) is 9.47 Å². The van der Waals surface area contributed by atoms with E-state index in [-0.39, 0.29) is 33.6 Å². The quantitative estimate of drug-likeness (QED) is 0.509. The second kappa shape index (κ2) is 8.20. The Labute approximate surface area is 198 Å². The highest BCUT2D eigenvalue weighted by atomic mass is 32.2. The number of nitrogens with two attached hydrogens (primary N) is 1. The SMILES string of the molecule is Nc1nc2nc3c1[nH]c(=O)n3Cc1cc(c3c(c1)CN(C1CCC1)CC3)CCCCCS2(=O)=O. The molecule has 1 aliphatic carbocycles. The molecule has 6 rings (SSSR count). The van der Waals surface area contributed by atoms with Gasteiger partial charge in [-0.05, 0) is 60.8 Å². The molecule has 10 heteroatoms. The Kier molecular flexibility index (Phi) is 5.25. The van der Waals surface area contributed by atoms with Crippen LogP contribution < -0.4 is 11.4 Å². The summed E-state index contributed by atoms with van der Waals surface area (Å²) in [6.45, 7) is 2.36. The van der Waals surface area contributed by atoms with E-state index in [1.54, 1.807) is 0 Å². The predicted octanol–water partition coefficient (Wildman–Crippen LogP) is 2.16. The van der Waals surface area contributed by atoms with Crippen LogP contribution in [-0.2, 0) is 35.8 Å². The van der Waals surface area contributed by atoms with Gasteiger partial charge in [0.25, 0.3) is 5.16 Å². The fraction of sp³-hybridized carbons (Fsp3) is 0.542. The third-order valence-electron chi connectivity index (χ3n) is 7.72. The lowest BCUT2D eigenvalue weighted by Gasteiger charge is -2.41. The van der Waals surface area contributed by atoms with Crippen molar-refractivity contribution in [3.05, 3.63) is 44.9 Å². The number of nitrogen functional groups attached to an aromatic ring is 1. The van der Waals surface area contributed by atoms with Crippen molar-refractivity contribution in [2.24, 2.45) is 0 Å². The third kappa shape index (κ3) is 3.73. The van der Waals surface area contributed by atoms with Crippen molar-refractivity contribution < 1.29 is 8.42 Å². The number of aromatic amines is 1. The van der Waals surface area contributed by atoms with Crippen LogP contribution in [0.15, 0.2) is 22.1 Å². The molecule has 9 nitrogen and oxygen atoms in total. The molecule has 0 unspecified atom stereocenters. The van der Waals surface area contributed by atoms with Crippen LogP contribution >= 0.6 is 0 Å². The van der Waals surface area contributed by atoms with Crippen molar-refractivity contribution in [3.8, 4) is 0 Å². The second-order valence-electron chi connectivity index (χ2n) is 9.93. The number of hydrogen-bond donors (Lipinski definition) is 2. The summed E-state index contributed by atoms with van der Waals surface area (Å²) >= 11 is 0. The van der Waals surface area contributed by atoms with Crippen LogP contribution in [0.4, 0.5) is 5.82 Å². The molecule has 0 spiro atoms. The summed E-state index contributed by atoms with van der Waals surface area (Å²) in [5, 5.41) is -0.301. The van der Waals surface area contributed by atoms with Crippen LogP contribution in [0.2, 0.25) is 0 Å². The summed E-state index contributed by atoms with van der Waals surface area (Å²) in [6, 6.07) is 5.16. The van der Waals surface area contributed by atoms with Crippen LogP contribution in [0.3, 0.4) is 0 Å². The fourth-order valence-corrected chi connectivity index (χ4v) is 6.87. The first kappa shape index (κ1) is 21.8. The van der Waals surface area contributed by atoms with Gasteiger partial charge in [-0.25, -0.2) is 13.2 Å². The Balaban J connectivity index is 1.47. The van der Waals surface area contributed by atoms with E-state index in [4.69, 9.17) is 5.73 Å². The molecule has 0 radical (unpaired) electrons. The number of H-pyrrole nitrogens is 1. The number of rotatable bonds is 1. The van der Waals surface area contributed by atoms with Gasteiger partial charge in [0, 0.05) is 19.1 Å². The summed E-state index contributed by atoms with van der Waals surface area (Å²) in [4.78, 5) is 26.5. The highest BCUT2D eigenvalue weighted by Gasteiger charge is 2.29. The molecule has 3 N–H and O–H groups in total. The van der Waals surface area contributed by atoms with E-state index in [0.29, 0.717) is 19.0 Å². The molecule has 0 saturated heterocycles. The monoisotopic (exact) mass is 482 g/mol. The number of aromatic nitrogens is 4. The van der Waals surface area contributed by atoms with E-state index in [2.05, 4.69) is 32.0 Å². The molecule has 3 aromatic rings. The number of fused-ring (bicyclic) bond motifs is 5. The zero-order valence-electron chi connectivity index (χ0n) is 19.2. The minimum atomic E-state index is -3.68. The van der Waals surface area contributed by atoms with Crippen molar-refractivity contribution in [2.75, 3.05) is 18.0 Å². The molecule has 4 heterocycles. The van der Waals surface area contributed by atoms with Crippen LogP contribution in [-0.4, -0.2) is 51.2 Å². The van der Waals surface area contributed by atoms with Gasteiger partial charge in [0.1, 0.15) is 5.52 Å². The lowest BCUT2D eigenvalue weighted by Crippen LogP contribution is -2.43. The molecule has 1 aromatic carbocycles. The molecular weight excluding hydrogens is 452 g/mol. The molecule has 2 aliphatic heterocycles. The first-order chi connectivity index (χ1) is 16.4. The number of hydrogen-bond acceptors (Lipinski definition) is 7. The average molecular weight is 483 g/mol. The van der Waals surface area contributed by atoms with Crippen LogP contribution in [0.5, 0.6) is 0 Å². The van der Waals surface area contributed by atoms with Gasteiger partial charge < -0.3 is 10.7 Å². The van der Waals surface area contributed by atoms with Crippen LogP contribution in [0.1, 0.15) is 60.8 Å². The Morgan fingerprint density at radius 1 is 1.00 bits per heavy atom. The molecule has 180 valence electrons. The van der Waals surface area contributed by atoms with Crippen LogP contribution in [0.25, 0.3) is 11.2 Å². The average Bonchev–Trinajstić information content (AvgIpc) is 3.07. The zero-order valence-corrected chi connectivity index (χ0v) is 20.0. The summed E-state index contributed by atoms with van der Waals surface area (Å²) in [7, 11) is -3.68. The number of aryl methyl sites for hydroxylation is 1. The summed E-state index contributed by atoms with van der Waals surface area (Å²) < 4.78 is 27.2. The summed E-state index contributed by atoms with van der Waals surface area (Å²) in [6.07, 6.45) is 8.17. The largest absolute Gasteiger partial charge is 0.382 e. The van der Waals surface area contributed by atoms with E-state index >= 15 is 0 Å². The Morgan fingerprint density at radius 2 is 1.82 bits per heavy atom. The van der Waals surface area contributed by atoms with E-state index < -0.39 is 9.84 Å². The van der Waals surface area contributed by atoms with Gasteiger partial charge in [-0.2, -0.15) is 9.97 Å². The molecule has 0 atom stereocenters. The van der Waals surface area contributed by atoms with Gasteiger partial charge in [0.05, 0.1) is 12.3 Å². The lowest BCUT2D eigenvalue weighted by atomic mass is 9.86. The number of anilines is 1. The molecule has 4 bridgehead atoms. The fourth-order valence-electron chi connectivity index (χ4n) is 5.64. The predicted molar refractivity (Wildman–Crippen MR) is 129 cm³/mol. The maximum absolute atomic E-state index is 12.9. The van der Waals surface area contributed by atoms with E-state index in [1.807, 2.05) is 0 Å². The maximum atomic E-state index is 12.9. The van der Waals surface area contributed by atoms with Crippen molar-refractivity contribution in [3.63, 3.8) is 0 Å². The smallest absolute Gasteiger partial charge is 0.328 e. The van der Waals surface area contributed by atoms with Crippen molar-refractivity contribution in [1.29, 1.82) is 0 Å². The molecule has 3 aliphatic rings. The first-order valence-corrected chi connectivity index (χ1v) is 13.9. The topological polar surface area (TPSA) is 127 Å². The maximum Gasteiger partial charge on any atom is 0.328 e. The van der Waals surface area contributed by atoms with Crippen molar-refractivity contribution in [1.82, 2.24) is 24.4 Å². The molecule has 0 amide bonds. The van der Waals surface area contributed by atoms with Gasteiger partial charge in [0.15, 0.2) is 11.5 Å². The number of imidazole rings is 1. The van der Waals surface area contributed by atoms with Crippen molar-refractivity contribution in [2.45, 2.75) is 75.7 Å². The summed E-state index contributed by atoms with van der Waals surface area (Å²) in [5.74, 6) is -0.0463. The van der Waals surface area contributed by atoms with E-state index in [9.17, 15) is 13.2 Å². The Bertz CT molecular complexity index is 1440. The molecular formula is C24H30N6O3S.